The van der Waals surface area contributed by atoms with Crippen molar-refractivity contribution in [2.24, 2.45) is 11.7 Å². The summed E-state index contributed by atoms with van der Waals surface area (Å²) in [5.41, 5.74) is 11.7. The van der Waals surface area contributed by atoms with E-state index in [1.54, 1.807) is 12.1 Å². The molecule has 0 spiro atoms. The molecule has 1 amide bonds. The van der Waals surface area contributed by atoms with Gasteiger partial charge in [-0.05, 0) is 31.0 Å². The van der Waals surface area contributed by atoms with Gasteiger partial charge in [-0.3, -0.25) is 4.79 Å². The van der Waals surface area contributed by atoms with Crippen molar-refractivity contribution in [1.29, 1.82) is 0 Å². The number of hydrogen-bond acceptors (Lipinski definition) is 3. The standard InChI is InChI=1S/C12H18N2O2/c1-7(2)8(3)16-11-5-4-9(12(14)15)6-10(11)13/h4-8H,13H2,1-3H3,(H2,14,15). The van der Waals surface area contributed by atoms with E-state index in [0.29, 0.717) is 22.9 Å². The number of ether oxygens (including phenoxy) is 1. The molecule has 4 N–H and O–H groups in total. The minimum Gasteiger partial charge on any atom is -0.488 e. The van der Waals surface area contributed by atoms with E-state index < -0.39 is 5.91 Å². The van der Waals surface area contributed by atoms with Gasteiger partial charge in [0.05, 0.1) is 11.8 Å². The number of primary amides is 1. The summed E-state index contributed by atoms with van der Waals surface area (Å²) in [6.07, 6.45) is 0.0710. The fraction of sp³-hybridized carbons (Fsp3) is 0.417. The fourth-order valence-corrected chi connectivity index (χ4v) is 1.15. The average Bonchev–Trinajstić information content (AvgIpc) is 2.20. The van der Waals surface area contributed by atoms with Crippen molar-refractivity contribution >= 4 is 11.6 Å². The zero-order valence-corrected chi connectivity index (χ0v) is 9.86. The van der Waals surface area contributed by atoms with Crippen LogP contribution >= 0.6 is 0 Å². The summed E-state index contributed by atoms with van der Waals surface area (Å²) < 4.78 is 5.66. The molecule has 0 saturated carbocycles. The highest BCUT2D eigenvalue weighted by Crippen LogP contribution is 2.24. The Morgan fingerprint density at radius 2 is 1.94 bits per heavy atom. The van der Waals surface area contributed by atoms with Crippen LogP contribution in [0.3, 0.4) is 0 Å². The topological polar surface area (TPSA) is 78.3 Å². The lowest BCUT2D eigenvalue weighted by atomic mass is 10.1. The van der Waals surface area contributed by atoms with Crippen molar-refractivity contribution in [1.82, 2.24) is 0 Å². The van der Waals surface area contributed by atoms with Gasteiger partial charge in [-0.15, -0.1) is 0 Å². The molecule has 1 atom stereocenters. The number of benzene rings is 1. The number of rotatable bonds is 4. The highest BCUT2D eigenvalue weighted by molar-refractivity contribution is 5.94. The van der Waals surface area contributed by atoms with E-state index >= 15 is 0 Å². The van der Waals surface area contributed by atoms with E-state index in [1.807, 2.05) is 6.92 Å². The van der Waals surface area contributed by atoms with Crippen molar-refractivity contribution < 1.29 is 9.53 Å². The molecule has 0 saturated heterocycles. The molecule has 1 rings (SSSR count). The molecule has 1 aromatic carbocycles. The number of amides is 1. The van der Waals surface area contributed by atoms with Crippen LogP contribution in [0.5, 0.6) is 5.75 Å². The van der Waals surface area contributed by atoms with E-state index in [-0.39, 0.29) is 6.10 Å². The van der Waals surface area contributed by atoms with Crippen LogP contribution < -0.4 is 16.2 Å². The Labute approximate surface area is 95.6 Å². The van der Waals surface area contributed by atoms with Crippen molar-refractivity contribution in [3.63, 3.8) is 0 Å². The minimum atomic E-state index is -0.491. The molecule has 0 aromatic heterocycles. The van der Waals surface area contributed by atoms with Gasteiger partial charge in [0, 0.05) is 5.56 Å². The zero-order chi connectivity index (χ0) is 12.3. The molecule has 0 heterocycles. The Bertz CT molecular complexity index is 389. The Hall–Kier alpha value is -1.71. The van der Waals surface area contributed by atoms with Crippen LogP contribution in [-0.2, 0) is 0 Å². The van der Waals surface area contributed by atoms with Crippen molar-refractivity contribution in [2.75, 3.05) is 5.73 Å². The predicted octanol–water partition coefficient (Wildman–Crippen LogP) is 1.79. The summed E-state index contributed by atoms with van der Waals surface area (Å²) in [6.45, 7) is 6.11. The summed E-state index contributed by atoms with van der Waals surface area (Å²) in [5, 5.41) is 0. The molecular formula is C12H18N2O2. The molecular weight excluding hydrogens is 204 g/mol. The first kappa shape index (κ1) is 12.4. The van der Waals surface area contributed by atoms with E-state index in [9.17, 15) is 4.79 Å². The molecule has 88 valence electrons. The second-order valence-electron chi connectivity index (χ2n) is 4.18. The summed E-state index contributed by atoms with van der Waals surface area (Å²) in [7, 11) is 0. The Kier molecular flexibility index (Phi) is 3.77. The molecule has 1 unspecified atom stereocenters. The second kappa shape index (κ2) is 4.88. The average molecular weight is 222 g/mol. The molecule has 1 aromatic rings. The van der Waals surface area contributed by atoms with E-state index in [2.05, 4.69) is 13.8 Å². The summed E-state index contributed by atoms with van der Waals surface area (Å²) >= 11 is 0. The Morgan fingerprint density at radius 3 is 2.38 bits per heavy atom. The fourth-order valence-electron chi connectivity index (χ4n) is 1.15. The minimum absolute atomic E-state index is 0.0710. The van der Waals surface area contributed by atoms with Crippen molar-refractivity contribution in [3.05, 3.63) is 23.8 Å². The molecule has 4 nitrogen and oxygen atoms in total. The molecule has 16 heavy (non-hydrogen) atoms. The zero-order valence-electron chi connectivity index (χ0n) is 9.86. The van der Waals surface area contributed by atoms with Crippen LogP contribution in [0.15, 0.2) is 18.2 Å². The maximum atomic E-state index is 10.9. The van der Waals surface area contributed by atoms with E-state index in [1.165, 1.54) is 6.07 Å². The van der Waals surface area contributed by atoms with Crippen LogP contribution in [0.4, 0.5) is 5.69 Å². The lowest BCUT2D eigenvalue weighted by molar-refractivity contribution is 0.1000. The first-order chi connectivity index (χ1) is 7.41. The maximum Gasteiger partial charge on any atom is 0.248 e. The van der Waals surface area contributed by atoms with Gasteiger partial charge in [0.25, 0.3) is 0 Å². The number of hydrogen-bond donors (Lipinski definition) is 2. The number of nitrogen functional groups attached to an aromatic ring is 1. The molecule has 0 radical (unpaired) electrons. The van der Waals surface area contributed by atoms with Gasteiger partial charge < -0.3 is 16.2 Å². The summed E-state index contributed by atoms with van der Waals surface area (Å²) in [6, 6.07) is 4.82. The summed E-state index contributed by atoms with van der Waals surface area (Å²) in [4.78, 5) is 10.9. The third-order valence-corrected chi connectivity index (χ3v) is 2.55. The third kappa shape index (κ3) is 2.89. The molecule has 4 heteroatoms. The van der Waals surface area contributed by atoms with Gasteiger partial charge in [-0.1, -0.05) is 13.8 Å². The lowest BCUT2D eigenvalue weighted by Gasteiger charge is -2.19. The second-order valence-corrected chi connectivity index (χ2v) is 4.18. The van der Waals surface area contributed by atoms with Gasteiger partial charge >= 0.3 is 0 Å². The quantitative estimate of drug-likeness (QED) is 0.762. The van der Waals surface area contributed by atoms with Crippen LogP contribution in [-0.4, -0.2) is 12.0 Å². The summed E-state index contributed by atoms with van der Waals surface area (Å²) in [5.74, 6) is 0.497. The van der Waals surface area contributed by atoms with Crippen molar-refractivity contribution in [3.8, 4) is 5.75 Å². The third-order valence-electron chi connectivity index (χ3n) is 2.55. The Balaban J connectivity index is 2.87. The van der Waals surface area contributed by atoms with E-state index in [0.717, 1.165) is 0 Å². The molecule has 0 aliphatic carbocycles. The predicted molar refractivity (Wildman–Crippen MR) is 64.3 cm³/mol. The maximum absolute atomic E-state index is 10.9. The van der Waals surface area contributed by atoms with Gasteiger partial charge in [0.1, 0.15) is 5.75 Å². The van der Waals surface area contributed by atoms with Gasteiger partial charge in [-0.2, -0.15) is 0 Å². The first-order valence-electron chi connectivity index (χ1n) is 5.27. The van der Waals surface area contributed by atoms with Gasteiger partial charge in [0.15, 0.2) is 0 Å². The smallest absolute Gasteiger partial charge is 0.248 e. The molecule has 0 aliphatic heterocycles. The normalized spacial score (nSPS) is 12.5. The van der Waals surface area contributed by atoms with Crippen LogP contribution in [0, 0.1) is 5.92 Å². The molecule has 0 bridgehead atoms. The van der Waals surface area contributed by atoms with Crippen LogP contribution in [0.2, 0.25) is 0 Å². The number of carbonyl (C=O) groups is 1. The van der Waals surface area contributed by atoms with Crippen molar-refractivity contribution in [2.45, 2.75) is 26.9 Å². The van der Waals surface area contributed by atoms with Gasteiger partial charge in [-0.25, -0.2) is 0 Å². The molecule has 0 aliphatic rings. The van der Waals surface area contributed by atoms with E-state index in [4.69, 9.17) is 16.2 Å². The highest BCUT2D eigenvalue weighted by Gasteiger charge is 2.11. The van der Waals surface area contributed by atoms with Crippen LogP contribution in [0.1, 0.15) is 31.1 Å². The number of nitrogens with two attached hydrogens (primary N) is 2. The van der Waals surface area contributed by atoms with Crippen LogP contribution in [0.25, 0.3) is 0 Å². The SMILES string of the molecule is CC(C)C(C)Oc1ccc(C(N)=O)cc1N. The number of carbonyl (C=O) groups excluding carboxylic acids is 1. The monoisotopic (exact) mass is 222 g/mol. The first-order valence-corrected chi connectivity index (χ1v) is 5.27. The number of anilines is 1. The lowest BCUT2D eigenvalue weighted by Crippen LogP contribution is -2.19. The molecule has 0 fully saturated rings. The van der Waals surface area contributed by atoms with Gasteiger partial charge in [0.2, 0.25) is 5.91 Å². The Morgan fingerprint density at radius 1 is 1.31 bits per heavy atom. The largest absolute Gasteiger partial charge is 0.488 e. The highest BCUT2D eigenvalue weighted by atomic mass is 16.5.